The molecule has 2 rings (SSSR count). The van der Waals surface area contributed by atoms with Gasteiger partial charge in [0.1, 0.15) is 10.8 Å². The number of ether oxygens (including phenoxy) is 2. The minimum atomic E-state index is -0.436. The third-order valence-electron chi connectivity index (χ3n) is 3.11. The van der Waals surface area contributed by atoms with E-state index in [1.165, 1.54) is 17.4 Å². The fourth-order valence-electron chi connectivity index (χ4n) is 2.04. The average Bonchev–Trinajstić information content (AvgIpc) is 2.94. The Hall–Kier alpha value is -2.60. The van der Waals surface area contributed by atoms with E-state index < -0.39 is 5.97 Å². The zero-order valence-corrected chi connectivity index (χ0v) is 14.6. The van der Waals surface area contributed by atoms with E-state index in [1.807, 2.05) is 31.2 Å². The Bertz CT molecular complexity index is 764. The molecule has 1 N–H and O–H groups in total. The zero-order chi connectivity index (χ0) is 17.5. The molecule has 1 heterocycles. The van der Waals surface area contributed by atoms with Crippen molar-refractivity contribution in [2.75, 3.05) is 19.0 Å². The van der Waals surface area contributed by atoms with Crippen LogP contribution in [0.4, 0.5) is 5.00 Å². The summed E-state index contributed by atoms with van der Waals surface area (Å²) < 4.78 is 10.1. The van der Waals surface area contributed by atoms with Crippen molar-refractivity contribution in [3.63, 3.8) is 0 Å². The highest BCUT2D eigenvalue weighted by Crippen LogP contribution is 2.28. The summed E-state index contributed by atoms with van der Waals surface area (Å²) in [5, 5.41) is 3.22. The number of aryl methyl sites for hydroxylation is 1. The Kier molecular flexibility index (Phi) is 6.14. The zero-order valence-electron chi connectivity index (χ0n) is 13.8. The number of hydrogen-bond donors (Lipinski definition) is 1. The molecule has 2 aromatic rings. The molecule has 1 aromatic carbocycles. The lowest BCUT2D eigenvalue weighted by Gasteiger charge is -2.04. The van der Waals surface area contributed by atoms with Gasteiger partial charge >= 0.3 is 5.97 Å². The van der Waals surface area contributed by atoms with E-state index in [9.17, 15) is 9.59 Å². The predicted molar refractivity (Wildman–Crippen MR) is 95.7 cm³/mol. The summed E-state index contributed by atoms with van der Waals surface area (Å²) in [5.41, 5.74) is 1.22. The predicted octanol–water partition coefficient (Wildman–Crippen LogP) is 3.89. The molecule has 0 aliphatic rings. The van der Waals surface area contributed by atoms with E-state index in [2.05, 4.69) is 5.32 Å². The van der Waals surface area contributed by atoms with Crippen LogP contribution >= 0.6 is 11.3 Å². The summed E-state index contributed by atoms with van der Waals surface area (Å²) in [4.78, 5) is 24.9. The Morgan fingerprint density at radius 1 is 1.29 bits per heavy atom. The first-order chi connectivity index (χ1) is 11.5. The second-order valence-electron chi connectivity index (χ2n) is 4.92. The van der Waals surface area contributed by atoms with Gasteiger partial charge in [-0.1, -0.05) is 12.1 Å². The van der Waals surface area contributed by atoms with Crippen LogP contribution in [0.2, 0.25) is 0 Å². The van der Waals surface area contributed by atoms with Gasteiger partial charge in [0.25, 0.3) is 0 Å². The SMILES string of the molecule is CCOC(=O)c1cc(C)sc1NC(=O)/C=C/c1cccc(OC)c1. The number of benzene rings is 1. The fourth-order valence-corrected chi connectivity index (χ4v) is 2.94. The number of esters is 1. The van der Waals surface area contributed by atoms with Gasteiger partial charge in [0.05, 0.1) is 19.3 Å². The molecule has 0 saturated carbocycles. The summed E-state index contributed by atoms with van der Waals surface area (Å²) in [6.07, 6.45) is 3.10. The Morgan fingerprint density at radius 2 is 2.08 bits per heavy atom. The number of nitrogens with one attached hydrogen (secondary N) is 1. The van der Waals surface area contributed by atoms with Gasteiger partial charge in [-0.15, -0.1) is 11.3 Å². The lowest BCUT2D eigenvalue weighted by Crippen LogP contribution is -2.11. The van der Waals surface area contributed by atoms with Crippen molar-refractivity contribution in [2.24, 2.45) is 0 Å². The van der Waals surface area contributed by atoms with E-state index in [4.69, 9.17) is 9.47 Å². The van der Waals surface area contributed by atoms with Gasteiger partial charge in [0.15, 0.2) is 0 Å². The molecule has 126 valence electrons. The van der Waals surface area contributed by atoms with Crippen LogP contribution < -0.4 is 10.1 Å². The van der Waals surface area contributed by atoms with Crippen LogP contribution in [-0.2, 0) is 9.53 Å². The minimum absolute atomic E-state index is 0.289. The second kappa shape index (κ2) is 8.31. The second-order valence-corrected chi connectivity index (χ2v) is 6.18. The van der Waals surface area contributed by atoms with Crippen molar-refractivity contribution in [1.82, 2.24) is 0 Å². The molecule has 5 nitrogen and oxygen atoms in total. The lowest BCUT2D eigenvalue weighted by molar-refractivity contribution is -0.111. The molecule has 0 spiro atoms. The van der Waals surface area contributed by atoms with Crippen LogP contribution in [0.5, 0.6) is 5.75 Å². The molecule has 0 fully saturated rings. The van der Waals surface area contributed by atoms with Gasteiger partial charge in [-0.05, 0) is 43.7 Å². The van der Waals surface area contributed by atoms with E-state index in [0.29, 0.717) is 10.6 Å². The first kappa shape index (κ1) is 17.7. The van der Waals surface area contributed by atoms with Gasteiger partial charge in [-0.3, -0.25) is 4.79 Å². The van der Waals surface area contributed by atoms with Gasteiger partial charge in [-0.2, -0.15) is 0 Å². The van der Waals surface area contributed by atoms with Crippen LogP contribution in [-0.4, -0.2) is 25.6 Å². The molecule has 0 aliphatic carbocycles. The minimum Gasteiger partial charge on any atom is -0.497 e. The molecule has 0 saturated heterocycles. The lowest BCUT2D eigenvalue weighted by atomic mass is 10.2. The molecule has 0 atom stereocenters. The first-order valence-electron chi connectivity index (χ1n) is 7.44. The summed E-state index contributed by atoms with van der Waals surface area (Å²) in [6, 6.07) is 9.08. The molecule has 0 unspecified atom stereocenters. The van der Waals surface area contributed by atoms with Crippen LogP contribution in [0.15, 0.2) is 36.4 Å². The van der Waals surface area contributed by atoms with Crippen molar-refractivity contribution in [3.05, 3.63) is 52.4 Å². The normalized spacial score (nSPS) is 10.6. The monoisotopic (exact) mass is 345 g/mol. The topological polar surface area (TPSA) is 64.6 Å². The van der Waals surface area contributed by atoms with E-state index in [0.717, 1.165) is 16.2 Å². The first-order valence-corrected chi connectivity index (χ1v) is 8.25. The van der Waals surface area contributed by atoms with Gasteiger partial charge in [0.2, 0.25) is 5.91 Å². The summed E-state index contributed by atoms with van der Waals surface area (Å²) >= 11 is 1.34. The maximum absolute atomic E-state index is 12.1. The molecule has 0 aliphatic heterocycles. The molecule has 24 heavy (non-hydrogen) atoms. The molecular weight excluding hydrogens is 326 g/mol. The number of rotatable bonds is 6. The number of hydrogen-bond acceptors (Lipinski definition) is 5. The molecule has 1 aromatic heterocycles. The van der Waals surface area contributed by atoms with Crippen LogP contribution in [0.3, 0.4) is 0 Å². The van der Waals surface area contributed by atoms with Crippen molar-refractivity contribution < 1.29 is 19.1 Å². The van der Waals surface area contributed by atoms with Gasteiger partial charge < -0.3 is 14.8 Å². The summed E-state index contributed by atoms with van der Waals surface area (Å²) in [5.74, 6) is -0.0322. The Labute approximate surface area is 144 Å². The number of anilines is 1. The molecule has 0 bridgehead atoms. The maximum Gasteiger partial charge on any atom is 0.341 e. The average molecular weight is 345 g/mol. The molecule has 1 amide bonds. The number of amides is 1. The Balaban J connectivity index is 2.09. The Morgan fingerprint density at radius 3 is 2.79 bits per heavy atom. The molecule has 0 radical (unpaired) electrons. The van der Waals surface area contributed by atoms with Gasteiger partial charge in [0, 0.05) is 11.0 Å². The molecule has 6 heteroatoms. The quantitative estimate of drug-likeness (QED) is 0.637. The van der Waals surface area contributed by atoms with E-state index in [-0.39, 0.29) is 12.5 Å². The molecular formula is C18H19NO4S. The van der Waals surface area contributed by atoms with Crippen LogP contribution in [0.1, 0.15) is 27.7 Å². The van der Waals surface area contributed by atoms with E-state index >= 15 is 0 Å². The number of carbonyl (C=O) groups excluding carboxylic acids is 2. The largest absolute Gasteiger partial charge is 0.497 e. The summed E-state index contributed by atoms with van der Waals surface area (Å²) in [7, 11) is 1.59. The maximum atomic E-state index is 12.1. The smallest absolute Gasteiger partial charge is 0.341 e. The highest BCUT2D eigenvalue weighted by molar-refractivity contribution is 7.16. The third kappa shape index (κ3) is 4.70. The van der Waals surface area contributed by atoms with Crippen molar-refractivity contribution >= 4 is 34.3 Å². The fraction of sp³-hybridized carbons (Fsp3) is 0.222. The van der Waals surface area contributed by atoms with Crippen LogP contribution in [0.25, 0.3) is 6.08 Å². The van der Waals surface area contributed by atoms with Crippen molar-refractivity contribution in [1.29, 1.82) is 0 Å². The van der Waals surface area contributed by atoms with Crippen LogP contribution in [0, 0.1) is 6.92 Å². The van der Waals surface area contributed by atoms with Crippen molar-refractivity contribution in [2.45, 2.75) is 13.8 Å². The highest BCUT2D eigenvalue weighted by atomic mass is 32.1. The van der Waals surface area contributed by atoms with Crippen molar-refractivity contribution in [3.8, 4) is 5.75 Å². The van der Waals surface area contributed by atoms with Gasteiger partial charge in [-0.25, -0.2) is 4.79 Å². The van der Waals surface area contributed by atoms with E-state index in [1.54, 1.807) is 26.2 Å². The number of carbonyl (C=O) groups is 2. The third-order valence-corrected chi connectivity index (χ3v) is 4.07. The number of thiophene rings is 1. The standard InChI is InChI=1S/C18H19NO4S/c1-4-23-18(21)15-10-12(2)24-17(15)19-16(20)9-8-13-6-5-7-14(11-13)22-3/h5-11H,4H2,1-3H3,(H,19,20)/b9-8+. The summed E-state index contributed by atoms with van der Waals surface area (Å²) in [6.45, 7) is 3.90. The number of methoxy groups -OCH3 is 1. The highest BCUT2D eigenvalue weighted by Gasteiger charge is 2.17.